The Morgan fingerprint density at radius 1 is 1.29 bits per heavy atom. The average Bonchev–Trinajstić information content (AvgIpc) is 3.46. The first-order chi connectivity index (χ1) is 15.2. The first-order valence-corrected chi connectivity index (χ1v) is 10.5. The number of nitrogens with one attached hydrogen (secondary N) is 2. The van der Waals surface area contributed by atoms with Crippen LogP contribution >= 0.6 is 11.6 Å². The summed E-state index contributed by atoms with van der Waals surface area (Å²) in [5, 5.41) is 11.4. The fraction of sp³-hybridized carbons (Fsp3) is 0.318. The number of para-hydroxylation sites is 2. The van der Waals surface area contributed by atoms with Crippen molar-refractivity contribution in [2.24, 2.45) is 4.99 Å². The van der Waals surface area contributed by atoms with Crippen molar-refractivity contribution in [1.82, 2.24) is 20.8 Å². The van der Waals surface area contributed by atoms with Crippen LogP contribution in [-0.4, -0.2) is 49.4 Å². The Bertz CT molecular complexity index is 1050. The Hall–Kier alpha value is -3.26. The molecule has 8 nitrogen and oxygen atoms in total. The number of hydrogen-bond acceptors (Lipinski definition) is 6. The van der Waals surface area contributed by atoms with Gasteiger partial charge in [-0.3, -0.25) is 4.99 Å². The van der Waals surface area contributed by atoms with Crippen LogP contribution in [0.3, 0.4) is 0 Å². The minimum atomic E-state index is 0.265. The lowest BCUT2D eigenvalue weighted by atomic mass is 10.2. The van der Waals surface area contributed by atoms with Gasteiger partial charge in [-0.2, -0.15) is 4.98 Å². The minimum Gasteiger partial charge on any atom is -0.495 e. The van der Waals surface area contributed by atoms with E-state index in [0.29, 0.717) is 29.2 Å². The van der Waals surface area contributed by atoms with E-state index in [0.717, 1.165) is 36.5 Å². The molecule has 31 heavy (non-hydrogen) atoms. The molecular formula is C22H25ClN6O2. The van der Waals surface area contributed by atoms with Crippen LogP contribution in [0.4, 0.5) is 5.69 Å². The Morgan fingerprint density at radius 2 is 2.16 bits per heavy atom. The zero-order valence-corrected chi connectivity index (χ0v) is 18.3. The number of guanidine groups is 1. The molecule has 1 saturated heterocycles. The molecule has 3 aromatic rings. The maximum Gasteiger partial charge on any atom is 0.246 e. The maximum absolute atomic E-state index is 6.04. The summed E-state index contributed by atoms with van der Waals surface area (Å²) < 4.78 is 10.8. The Labute approximate surface area is 186 Å². The predicted molar refractivity (Wildman–Crippen MR) is 122 cm³/mol. The topological polar surface area (TPSA) is 87.8 Å². The van der Waals surface area contributed by atoms with Crippen LogP contribution in [0.25, 0.3) is 11.4 Å². The highest BCUT2D eigenvalue weighted by atomic mass is 35.5. The van der Waals surface area contributed by atoms with Gasteiger partial charge in [0.1, 0.15) is 5.75 Å². The van der Waals surface area contributed by atoms with Crippen LogP contribution in [0.2, 0.25) is 5.02 Å². The van der Waals surface area contributed by atoms with Crippen LogP contribution in [0.5, 0.6) is 5.75 Å². The standard InChI is InChI=1S/C22H25ClN6O2/c1-24-22(25-13-20-27-21(28-31-20)15-6-5-7-16(23)12-15)26-17-10-11-29(14-17)18-8-3-4-9-19(18)30-2/h3-9,12,17H,10-11,13-14H2,1-2H3,(H2,24,25,26). The molecule has 0 aliphatic carbocycles. The van der Waals surface area contributed by atoms with Gasteiger partial charge >= 0.3 is 0 Å². The lowest BCUT2D eigenvalue weighted by molar-refractivity contribution is 0.375. The molecule has 2 aromatic carbocycles. The number of aromatic nitrogens is 2. The third kappa shape index (κ3) is 5.08. The molecule has 1 atom stereocenters. The smallest absolute Gasteiger partial charge is 0.246 e. The molecular weight excluding hydrogens is 416 g/mol. The highest BCUT2D eigenvalue weighted by Crippen LogP contribution is 2.30. The third-order valence-electron chi connectivity index (χ3n) is 5.14. The minimum absolute atomic E-state index is 0.265. The fourth-order valence-corrected chi connectivity index (χ4v) is 3.80. The van der Waals surface area contributed by atoms with E-state index < -0.39 is 0 Å². The number of nitrogens with zero attached hydrogens (tertiary/aromatic N) is 4. The van der Waals surface area contributed by atoms with Crippen LogP contribution in [-0.2, 0) is 6.54 Å². The second kappa shape index (κ2) is 9.70. The molecule has 0 radical (unpaired) electrons. The largest absolute Gasteiger partial charge is 0.495 e. The summed E-state index contributed by atoms with van der Waals surface area (Å²) in [4.78, 5) is 11.1. The van der Waals surface area contributed by atoms with E-state index in [1.165, 1.54) is 0 Å². The quantitative estimate of drug-likeness (QED) is 0.449. The number of halogens is 1. The summed E-state index contributed by atoms with van der Waals surface area (Å²) in [5.74, 6) is 2.55. The Balaban J connectivity index is 1.32. The second-order valence-corrected chi connectivity index (χ2v) is 7.63. The molecule has 1 fully saturated rings. The summed E-state index contributed by atoms with van der Waals surface area (Å²) in [6, 6.07) is 15.7. The van der Waals surface area contributed by atoms with E-state index in [4.69, 9.17) is 20.9 Å². The van der Waals surface area contributed by atoms with Gasteiger partial charge in [0.05, 0.1) is 19.3 Å². The van der Waals surface area contributed by atoms with Crippen molar-refractivity contribution in [2.45, 2.75) is 19.0 Å². The molecule has 1 aliphatic heterocycles. The number of aliphatic imine (C=N–C) groups is 1. The molecule has 0 saturated carbocycles. The van der Waals surface area contributed by atoms with E-state index >= 15 is 0 Å². The zero-order valence-electron chi connectivity index (χ0n) is 17.5. The van der Waals surface area contributed by atoms with E-state index in [1.807, 2.05) is 30.3 Å². The molecule has 4 rings (SSSR count). The van der Waals surface area contributed by atoms with E-state index in [2.05, 4.69) is 36.7 Å². The van der Waals surface area contributed by atoms with E-state index in [9.17, 15) is 0 Å². The normalized spacial score (nSPS) is 16.4. The summed E-state index contributed by atoms with van der Waals surface area (Å²) in [6.45, 7) is 2.18. The average molecular weight is 441 g/mol. The number of anilines is 1. The second-order valence-electron chi connectivity index (χ2n) is 7.20. The summed E-state index contributed by atoms with van der Waals surface area (Å²) in [7, 11) is 3.44. The van der Waals surface area contributed by atoms with Crippen molar-refractivity contribution < 1.29 is 9.26 Å². The third-order valence-corrected chi connectivity index (χ3v) is 5.37. The van der Waals surface area contributed by atoms with Gasteiger partial charge in [0.15, 0.2) is 5.96 Å². The zero-order chi connectivity index (χ0) is 21.6. The highest BCUT2D eigenvalue weighted by Gasteiger charge is 2.25. The van der Waals surface area contributed by atoms with Gasteiger partial charge in [-0.25, -0.2) is 0 Å². The first kappa shape index (κ1) is 21.0. The molecule has 0 bridgehead atoms. The van der Waals surface area contributed by atoms with Gasteiger partial charge in [-0.15, -0.1) is 0 Å². The predicted octanol–water partition coefficient (Wildman–Crippen LogP) is 3.34. The van der Waals surface area contributed by atoms with Crippen molar-refractivity contribution in [1.29, 1.82) is 0 Å². The molecule has 2 N–H and O–H groups in total. The number of hydrogen-bond donors (Lipinski definition) is 2. The van der Waals surface area contributed by atoms with Crippen molar-refractivity contribution in [3.05, 3.63) is 59.4 Å². The van der Waals surface area contributed by atoms with Gasteiger partial charge in [0, 0.05) is 36.8 Å². The molecule has 162 valence electrons. The fourth-order valence-electron chi connectivity index (χ4n) is 3.61. The van der Waals surface area contributed by atoms with E-state index in [-0.39, 0.29) is 6.04 Å². The summed E-state index contributed by atoms with van der Waals surface area (Å²) in [5.41, 5.74) is 1.92. The molecule has 1 aromatic heterocycles. The first-order valence-electron chi connectivity index (χ1n) is 10.1. The van der Waals surface area contributed by atoms with Gasteiger partial charge in [-0.1, -0.05) is 41.0 Å². The summed E-state index contributed by atoms with van der Waals surface area (Å²) in [6.07, 6.45) is 0.998. The van der Waals surface area contributed by atoms with Crippen LogP contribution < -0.4 is 20.3 Å². The number of benzene rings is 2. The lowest BCUT2D eigenvalue weighted by Crippen LogP contribution is -2.44. The van der Waals surface area contributed by atoms with Gasteiger partial charge < -0.3 is 24.8 Å². The Morgan fingerprint density at radius 3 is 2.97 bits per heavy atom. The maximum atomic E-state index is 6.04. The lowest BCUT2D eigenvalue weighted by Gasteiger charge is -2.22. The van der Waals surface area contributed by atoms with Crippen molar-refractivity contribution in [3.8, 4) is 17.1 Å². The van der Waals surface area contributed by atoms with Crippen LogP contribution in [0.1, 0.15) is 12.3 Å². The molecule has 1 aliphatic rings. The van der Waals surface area contributed by atoms with Gasteiger partial charge in [0.2, 0.25) is 11.7 Å². The number of methoxy groups -OCH3 is 1. The summed E-state index contributed by atoms with van der Waals surface area (Å²) >= 11 is 6.04. The highest BCUT2D eigenvalue weighted by molar-refractivity contribution is 6.30. The monoisotopic (exact) mass is 440 g/mol. The molecule has 9 heteroatoms. The molecule has 0 spiro atoms. The molecule has 0 amide bonds. The SMILES string of the molecule is CN=C(NCc1nc(-c2cccc(Cl)c2)no1)NC1CCN(c2ccccc2OC)C1. The van der Waals surface area contributed by atoms with Gasteiger partial charge in [-0.05, 0) is 30.7 Å². The molecule has 2 heterocycles. The number of rotatable bonds is 6. The van der Waals surface area contributed by atoms with Crippen molar-refractivity contribution in [3.63, 3.8) is 0 Å². The Kier molecular flexibility index (Phi) is 6.57. The molecule has 1 unspecified atom stereocenters. The van der Waals surface area contributed by atoms with Gasteiger partial charge in [0.25, 0.3) is 0 Å². The number of ether oxygens (including phenoxy) is 1. The van der Waals surface area contributed by atoms with E-state index in [1.54, 1.807) is 26.3 Å². The van der Waals surface area contributed by atoms with Crippen LogP contribution in [0, 0.1) is 0 Å². The van der Waals surface area contributed by atoms with Crippen molar-refractivity contribution >= 4 is 23.2 Å². The van der Waals surface area contributed by atoms with Crippen molar-refractivity contribution in [2.75, 3.05) is 32.1 Å². The van der Waals surface area contributed by atoms with Crippen LogP contribution in [0.15, 0.2) is 58.0 Å².